The van der Waals surface area contributed by atoms with Crippen LogP contribution >= 0.6 is 0 Å². The lowest BCUT2D eigenvalue weighted by Crippen LogP contribution is -2.54. The van der Waals surface area contributed by atoms with Crippen molar-refractivity contribution in [1.29, 1.82) is 0 Å². The maximum atomic E-state index is 13.8. The molecule has 6 nitrogen and oxygen atoms in total. The Kier molecular flexibility index (Phi) is 9.71. The summed E-state index contributed by atoms with van der Waals surface area (Å²) in [7, 11) is 0. The molecule has 3 N–H and O–H groups in total. The molecule has 0 saturated heterocycles. The molecule has 3 amide bonds. The van der Waals surface area contributed by atoms with E-state index in [9.17, 15) is 23.2 Å². The molecule has 1 rings (SSSR count). The van der Waals surface area contributed by atoms with E-state index in [4.69, 9.17) is 0 Å². The Morgan fingerprint density at radius 1 is 0.862 bits per heavy atom. The number of amides is 3. The van der Waals surface area contributed by atoms with Gasteiger partial charge < -0.3 is 16.0 Å². The van der Waals surface area contributed by atoms with Crippen LogP contribution in [0.15, 0.2) is 18.2 Å². The largest absolute Gasteiger partial charge is 0.350 e. The van der Waals surface area contributed by atoms with Gasteiger partial charge in [-0.2, -0.15) is 0 Å². The molecular formula is C21H31F2N3O3. The van der Waals surface area contributed by atoms with Crippen LogP contribution in [0.25, 0.3) is 0 Å². The molecule has 0 spiro atoms. The first-order valence-corrected chi connectivity index (χ1v) is 9.79. The van der Waals surface area contributed by atoms with E-state index in [1.165, 1.54) is 13.0 Å². The van der Waals surface area contributed by atoms with Gasteiger partial charge >= 0.3 is 0 Å². The van der Waals surface area contributed by atoms with Crippen molar-refractivity contribution < 1.29 is 23.2 Å². The fraction of sp³-hybridized carbons (Fsp3) is 0.571. The lowest BCUT2D eigenvalue weighted by molar-refractivity contribution is -0.132. The van der Waals surface area contributed by atoms with Crippen molar-refractivity contribution in [2.45, 2.75) is 66.1 Å². The molecule has 0 aromatic heterocycles. The second-order valence-corrected chi connectivity index (χ2v) is 7.99. The number of hydrogen-bond acceptors (Lipinski definition) is 3. The molecule has 0 heterocycles. The zero-order chi connectivity index (χ0) is 22.1. The number of hydrogen-bond donors (Lipinski definition) is 3. The highest BCUT2D eigenvalue weighted by Crippen LogP contribution is 2.13. The molecule has 0 fully saturated rings. The third kappa shape index (κ3) is 8.58. The van der Waals surface area contributed by atoms with Gasteiger partial charge in [-0.15, -0.1) is 0 Å². The van der Waals surface area contributed by atoms with Gasteiger partial charge in [0.25, 0.3) is 0 Å². The normalized spacial score (nSPS) is 13.1. The van der Waals surface area contributed by atoms with Crippen LogP contribution in [0.4, 0.5) is 8.78 Å². The van der Waals surface area contributed by atoms with E-state index in [-0.39, 0.29) is 29.9 Å². The standard InChI is InChI=1S/C21H31F2N3O3/c1-12(2)9-18(26-21(29)19(10-13(3)4)25-14(5)27)20(28)24-11-15-16(22)7-6-8-17(15)23/h6-8,12-13,18-19H,9-11H2,1-5H3,(H,24,28)(H,25,27)(H,26,29)/t18-,19+/m1/s1. The predicted octanol–water partition coefficient (Wildman–Crippen LogP) is 2.66. The molecular weight excluding hydrogens is 380 g/mol. The van der Waals surface area contributed by atoms with Crippen LogP contribution < -0.4 is 16.0 Å². The summed E-state index contributed by atoms with van der Waals surface area (Å²) in [6.07, 6.45) is 0.758. The Balaban J connectivity index is 2.87. The lowest BCUT2D eigenvalue weighted by atomic mass is 10.00. The van der Waals surface area contributed by atoms with E-state index >= 15 is 0 Å². The summed E-state index contributed by atoms with van der Waals surface area (Å²) in [5, 5.41) is 7.76. The minimum Gasteiger partial charge on any atom is -0.350 e. The molecule has 0 radical (unpaired) electrons. The first-order valence-electron chi connectivity index (χ1n) is 9.79. The molecule has 29 heavy (non-hydrogen) atoms. The van der Waals surface area contributed by atoms with E-state index in [2.05, 4.69) is 16.0 Å². The van der Waals surface area contributed by atoms with Crippen LogP contribution in [0, 0.1) is 23.5 Å². The van der Waals surface area contributed by atoms with Crippen molar-refractivity contribution in [2.24, 2.45) is 11.8 Å². The van der Waals surface area contributed by atoms with Gasteiger partial charge in [0, 0.05) is 19.0 Å². The Morgan fingerprint density at radius 3 is 1.79 bits per heavy atom. The van der Waals surface area contributed by atoms with E-state index < -0.39 is 35.5 Å². The van der Waals surface area contributed by atoms with Gasteiger partial charge in [-0.1, -0.05) is 33.8 Å². The summed E-state index contributed by atoms with van der Waals surface area (Å²) in [6, 6.07) is 1.82. The summed E-state index contributed by atoms with van der Waals surface area (Å²) in [6.45, 7) is 8.61. The second kappa shape index (κ2) is 11.5. The fourth-order valence-corrected chi connectivity index (χ4v) is 2.92. The van der Waals surface area contributed by atoms with Gasteiger partial charge in [0.2, 0.25) is 17.7 Å². The molecule has 1 aromatic rings. The van der Waals surface area contributed by atoms with Crippen LogP contribution in [0.3, 0.4) is 0 Å². The minimum absolute atomic E-state index is 0.0839. The van der Waals surface area contributed by atoms with Gasteiger partial charge in [0.05, 0.1) is 0 Å². The number of halogens is 2. The van der Waals surface area contributed by atoms with Crippen molar-refractivity contribution >= 4 is 17.7 Å². The summed E-state index contributed by atoms with van der Waals surface area (Å²) >= 11 is 0. The topological polar surface area (TPSA) is 87.3 Å². The van der Waals surface area contributed by atoms with Crippen molar-refractivity contribution in [3.8, 4) is 0 Å². The van der Waals surface area contributed by atoms with Crippen LogP contribution in [-0.4, -0.2) is 29.8 Å². The third-order valence-electron chi connectivity index (χ3n) is 4.24. The lowest BCUT2D eigenvalue weighted by Gasteiger charge is -2.25. The number of nitrogens with one attached hydrogen (secondary N) is 3. The first kappa shape index (κ1) is 24.5. The molecule has 8 heteroatoms. The minimum atomic E-state index is -0.888. The predicted molar refractivity (Wildman–Crippen MR) is 107 cm³/mol. The van der Waals surface area contributed by atoms with Gasteiger partial charge in [0.1, 0.15) is 23.7 Å². The zero-order valence-electron chi connectivity index (χ0n) is 17.6. The molecule has 0 aliphatic heterocycles. The number of carbonyl (C=O) groups is 3. The van der Waals surface area contributed by atoms with E-state index in [0.717, 1.165) is 12.1 Å². The Hall–Kier alpha value is -2.51. The molecule has 0 bridgehead atoms. The molecule has 2 atom stereocenters. The maximum Gasteiger partial charge on any atom is 0.243 e. The highest BCUT2D eigenvalue weighted by Gasteiger charge is 2.27. The number of benzene rings is 1. The molecule has 0 saturated carbocycles. The van der Waals surface area contributed by atoms with Crippen molar-refractivity contribution in [1.82, 2.24) is 16.0 Å². The van der Waals surface area contributed by atoms with Crippen molar-refractivity contribution in [2.75, 3.05) is 0 Å². The quantitative estimate of drug-likeness (QED) is 0.553. The van der Waals surface area contributed by atoms with E-state index in [1.54, 1.807) is 0 Å². The van der Waals surface area contributed by atoms with Gasteiger partial charge in [-0.25, -0.2) is 8.78 Å². The van der Waals surface area contributed by atoms with Gasteiger partial charge in [-0.3, -0.25) is 14.4 Å². The molecule has 162 valence electrons. The van der Waals surface area contributed by atoms with Gasteiger partial charge in [0.15, 0.2) is 0 Å². The average Bonchev–Trinajstić information content (AvgIpc) is 2.58. The van der Waals surface area contributed by atoms with Crippen LogP contribution in [0.2, 0.25) is 0 Å². The van der Waals surface area contributed by atoms with E-state index in [0.29, 0.717) is 12.8 Å². The van der Waals surface area contributed by atoms with E-state index in [1.807, 2.05) is 27.7 Å². The maximum absolute atomic E-state index is 13.8. The summed E-state index contributed by atoms with van der Waals surface area (Å²) in [5.74, 6) is -2.62. The molecule has 1 aromatic carbocycles. The van der Waals surface area contributed by atoms with Crippen LogP contribution in [-0.2, 0) is 20.9 Å². The summed E-state index contributed by atoms with van der Waals surface area (Å²) < 4.78 is 27.5. The van der Waals surface area contributed by atoms with Crippen LogP contribution in [0.5, 0.6) is 0 Å². The van der Waals surface area contributed by atoms with Crippen molar-refractivity contribution in [3.63, 3.8) is 0 Å². The monoisotopic (exact) mass is 411 g/mol. The molecule has 0 aliphatic carbocycles. The van der Waals surface area contributed by atoms with Crippen molar-refractivity contribution in [3.05, 3.63) is 35.4 Å². The second-order valence-electron chi connectivity index (χ2n) is 7.99. The molecule has 0 aliphatic rings. The Bertz CT molecular complexity index is 703. The summed E-state index contributed by atoms with van der Waals surface area (Å²) in [4.78, 5) is 36.7. The fourth-order valence-electron chi connectivity index (χ4n) is 2.92. The highest BCUT2D eigenvalue weighted by molar-refractivity contribution is 5.91. The van der Waals surface area contributed by atoms with Crippen LogP contribution in [0.1, 0.15) is 53.0 Å². The Labute approximate surface area is 170 Å². The smallest absolute Gasteiger partial charge is 0.243 e. The first-order chi connectivity index (χ1) is 13.5. The summed E-state index contributed by atoms with van der Waals surface area (Å²) in [5.41, 5.74) is -0.244. The number of carbonyl (C=O) groups excluding carboxylic acids is 3. The SMILES string of the molecule is CC(=O)N[C@@H](CC(C)C)C(=O)N[C@H](CC(C)C)C(=O)NCc1c(F)cccc1F. The average molecular weight is 411 g/mol. The van der Waals surface area contributed by atoms with Gasteiger partial charge in [-0.05, 0) is 36.8 Å². The molecule has 0 unspecified atom stereocenters. The zero-order valence-corrected chi connectivity index (χ0v) is 17.6. The Morgan fingerprint density at radius 2 is 1.34 bits per heavy atom. The number of rotatable bonds is 10. The third-order valence-corrected chi connectivity index (χ3v) is 4.24. The highest BCUT2D eigenvalue weighted by atomic mass is 19.1.